The average molecular weight is 252 g/mol. The van der Waals surface area contributed by atoms with E-state index in [2.05, 4.69) is 0 Å². The number of nitriles is 2. The third-order valence-corrected chi connectivity index (χ3v) is 2.23. The van der Waals surface area contributed by atoms with E-state index in [1.807, 2.05) is 18.2 Å². The first-order chi connectivity index (χ1) is 9.08. The number of hydrogen-bond acceptors (Lipinski definition) is 4. The topological polar surface area (TPSA) is 73.9 Å². The first-order valence-electron chi connectivity index (χ1n) is 5.55. The zero-order valence-electron chi connectivity index (χ0n) is 10.7. The van der Waals surface area contributed by atoms with E-state index in [1.54, 1.807) is 31.2 Å². The molecule has 0 bridgehead atoms. The molecule has 1 rings (SSSR count). The maximum atomic E-state index is 10.9. The van der Waals surface area contributed by atoms with Crippen LogP contribution in [0.15, 0.2) is 47.7 Å². The number of carbonyl (C=O) groups excluding carboxylic acids is 1. The number of benzene rings is 1. The zero-order chi connectivity index (χ0) is 14.3. The fourth-order valence-electron chi connectivity index (χ4n) is 1.52. The van der Waals surface area contributed by atoms with E-state index in [4.69, 9.17) is 15.3 Å². The van der Waals surface area contributed by atoms with Crippen molar-refractivity contribution in [3.05, 3.63) is 53.3 Å². The molecule has 0 atom stereocenters. The van der Waals surface area contributed by atoms with Crippen molar-refractivity contribution >= 4 is 11.5 Å². The summed E-state index contributed by atoms with van der Waals surface area (Å²) in [5.74, 6) is -0.119. The van der Waals surface area contributed by atoms with Crippen molar-refractivity contribution in [3.8, 4) is 12.1 Å². The highest BCUT2D eigenvalue weighted by Crippen LogP contribution is 2.21. The second-order valence-corrected chi connectivity index (χ2v) is 3.73. The van der Waals surface area contributed by atoms with Crippen LogP contribution < -0.4 is 0 Å². The summed E-state index contributed by atoms with van der Waals surface area (Å²) >= 11 is 0. The van der Waals surface area contributed by atoms with Gasteiger partial charge in [0.1, 0.15) is 23.5 Å². The van der Waals surface area contributed by atoms with Crippen molar-refractivity contribution in [3.63, 3.8) is 0 Å². The Kier molecular flexibility index (Phi) is 5.07. The molecule has 0 saturated carbocycles. The molecule has 1 aromatic rings. The molecule has 0 spiro atoms. The molecule has 0 heterocycles. The first kappa shape index (κ1) is 14.2. The number of esters is 1. The summed E-state index contributed by atoms with van der Waals surface area (Å²) in [6.07, 6.45) is 1.51. The van der Waals surface area contributed by atoms with Gasteiger partial charge in [0.2, 0.25) is 0 Å². The van der Waals surface area contributed by atoms with Gasteiger partial charge in [-0.05, 0) is 18.6 Å². The molecule has 0 aliphatic heterocycles. The summed E-state index contributed by atoms with van der Waals surface area (Å²) in [5.41, 5.74) is 1.12. The molecule has 19 heavy (non-hydrogen) atoms. The molecule has 0 fully saturated rings. The van der Waals surface area contributed by atoms with E-state index in [-0.39, 0.29) is 5.57 Å². The molecule has 0 aliphatic rings. The lowest BCUT2D eigenvalue weighted by Crippen LogP contribution is -1.97. The minimum Gasteiger partial charge on any atom is -0.432 e. The Labute approximate surface area is 111 Å². The highest BCUT2D eigenvalue weighted by molar-refractivity contribution is 5.82. The van der Waals surface area contributed by atoms with Crippen LogP contribution >= 0.6 is 0 Å². The molecular formula is C15H12N2O2. The maximum absolute atomic E-state index is 10.9. The molecule has 0 saturated heterocycles. The van der Waals surface area contributed by atoms with Gasteiger partial charge in [0.25, 0.3) is 0 Å². The van der Waals surface area contributed by atoms with Crippen LogP contribution in [-0.4, -0.2) is 5.97 Å². The number of rotatable bonds is 3. The van der Waals surface area contributed by atoms with Gasteiger partial charge in [-0.2, -0.15) is 10.5 Å². The van der Waals surface area contributed by atoms with Crippen molar-refractivity contribution in [2.75, 3.05) is 0 Å². The van der Waals surface area contributed by atoms with Crippen molar-refractivity contribution in [2.45, 2.75) is 13.8 Å². The lowest BCUT2D eigenvalue weighted by atomic mass is 10.0. The Morgan fingerprint density at radius 1 is 1.16 bits per heavy atom. The van der Waals surface area contributed by atoms with E-state index in [0.29, 0.717) is 16.9 Å². The van der Waals surface area contributed by atoms with Crippen LogP contribution in [0.1, 0.15) is 19.4 Å². The maximum Gasteiger partial charge on any atom is 0.307 e. The van der Waals surface area contributed by atoms with Crippen molar-refractivity contribution in [2.24, 2.45) is 0 Å². The Balaban J connectivity index is 3.33. The molecule has 94 valence electrons. The quantitative estimate of drug-likeness (QED) is 0.359. The molecule has 4 heteroatoms. The summed E-state index contributed by atoms with van der Waals surface area (Å²) in [4.78, 5) is 10.9. The first-order valence-corrected chi connectivity index (χ1v) is 5.55. The van der Waals surface area contributed by atoms with Crippen LogP contribution in [0.25, 0.3) is 5.57 Å². The predicted molar refractivity (Wildman–Crippen MR) is 70.1 cm³/mol. The van der Waals surface area contributed by atoms with Crippen LogP contribution in [0.2, 0.25) is 0 Å². The molecule has 0 aromatic heterocycles. The standard InChI is InChI=1S/C15H12N2O2/c1-11(19-12(2)18)8-15(14(9-16)10-17)13-6-4-3-5-7-13/h3-8H,1-2H3/b11-8+. The lowest BCUT2D eigenvalue weighted by molar-refractivity contribution is -0.136. The highest BCUT2D eigenvalue weighted by Gasteiger charge is 2.08. The Hall–Kier alpha value is -2.85. The summed E-state index contributed by atoms with van der Waals surface area (Å²) < 4.78 is 4.91. The van der Waals surface area contributed by atoms with Crippen LogP contribution in [-0.2, 0) is 9.53 Å². The predicted octanol–water partition coefficient (Wildman–Crippen LogP) is 2.95. The molecule has 0 aliphatic carbocycles. The Morgan fingerprint density at radius 3 is 2.21 bits per heavy atom. The van der Waals surface area contributed by atoms with Crippen LogP contribution in [0, 0.1) is 22.7 Å². The number of ether oxygens (including phenoxy) is 1. The van der Waals surface area contributed by atoms with Gasteiger partial charge in [-0.3, -0.25) is 4.79 Å². The van der Waals surface area contributed by atoms with E-state index < -0.39 is 5.97 Å². The fraction of sp³-hybridized carbons (Fsp3) is 0.133. The van der Waals surface area contributed by atoms with Gasteiger partial charge in [0, 0.05) is 12.5 Å². The van der Waals surface area contributed by atoms with Gasteiger partial charge in [-0.1, -0.05) is 30.3 Å². The van der Waals surface area contributed by atoms with E-state index in [0.717, 1.165) is 0 Å². The van der Waals surface area contributed by atoms with Gasteiger partial charge < -0.3 is 4.74 Å². The van der Waals surface area contributed by atoms with Gasteiger partial charge in [-0.25, -0.2) is 0 Å². The second-order valence-electron chi connectivity index (χ2n) is 3.73. The van der Waals surface area contributed by atoms with Crippen LogP contribution in [0.3, 0.4) is 0 Å². The SMILES string of the molecule is CC(=O)O/C(C)=C/C(=C(C#N)C#N)c1ccccc1. The molecule has 0 unspecified atom stereocenters. The minimum absolute atomic E-state index is 0.0299. The molecule has 4 nitrogen and oxygen atoms in total. The van der Waals surface area contributed by atoms with E-state index in [1.165, 1.54) is 13.0 Å². The smallest absolute Gasteiger partial charge is 0.307 e. The van der Waals surface area contributed by atoms with Crippen LogP contribution in [0.4, 0.5) is 0 Å². The largest absolute Gasteiger partial charge is 0.432 e. The fourth-order valence-corrected chi connectivity index (χ4v) is 1.52. The summed E-state index contributed by atoms with van der Waals surface area (Å²) in [7, 11) is 0. The van der Waals surface area contributed by atoms with Crippen molar-refractivity contribution < 1.29 is 9.53 Å². The Bertz CT molecular complexity index is 598. The zero-order valence-corrected chi connectivity index (χ0v) is 10.7. The number of hydrogen-bond donors (Lipinski definition) is 0. The lowest BCUT2D eigenvalue weighted by Gasteiger charge is -2.05. The van der Waals surface area contributed by atoms with Gasteiger partial charge >= 0.3 is 5.97 Å². The van der Waals surface area contributed by atoms with Crippen LogP contribution in [0.5, 0.6) is 0 Å². The third kappa shape index (κ3) is 4.14. The number of carbonyl (C=O) groups is 1. The monoisotopic (exact) mass is 252 g/mol. The van der Waals surface area contributed by atoms with E-state index in [9.17, 15) is 4.79 Å². The summed E-state index contributed by atoms with van der Waals surface area (Å²) in [6.45, 7) is 2.88. The third-order valence-electron chi connectivity index (χ3n) is 2.23. The van der Waals surface area contributed by atoms with Gasteiger partial charge in [0.05, 0.1) is 0 Å². The second kappa shape index (κ2) is 6.78. The number of allylic oxidation sites excluding steroid dienone is 4. The Morgan fingerprint density at radius 2 is 1.74 bits per heavy atom. The van der Waals surface area contributed by atoms with Crippen molar-refractivity contribution in [1.82, 2.24) is 0 Å². The average Bonchev–Trinajstić information content (AvgIpc) is 2.39. The molecule has 0 amide bonds. The highest BCUT2D eigenvalue weighted by atomic mass is 16.5. The summed E-state index contributed by atoms with van der Waals surface area (Å²) in [5, 5.41) is 18.0. The normalized spacial score (nSPS) is 10.0. The molecule has 0 N–H and O–H groups in total. The van der Waals surface area contributed by atoms with Gasteiger partial charge in [-0.15, -0.1) is 0 Å². The van der Waals surface area contributed by atoms with Gasteiger partial charge in [0.15, 0.2) is 0 Å². The van der Waals surface area contributed by atoms with E-state index >= 15 is 0 Å². The molecular weight excluding hydrogens is 240 g/mol. The number of nitrogens with zero attached hydrogens (tertiary/aromatic N) is 2. The van der Waals surface area contributed by atoms with Crippen molar-refractivity contribution in [1.29, 1.82) is 10.5 Å². The molecule has 1 aromatic carbocycles. The summed E-state index contributed by atoms with van der Waals surface area (Å²) in [6, 6.07) is 12.7. The minimum atomic E-state index is -0.448. The molecule has 0 radical (unpaired) electrons.